The number of carbonyl (C=O) groups is 1. The molecule has 0 bridgehead atoms. The van der Waals surface area contributed by atoms with Gasteiger partial charge in [0.2, 0.25) is 5.13 Å². The van der Waals surface area contributed by atoms with Gasteiger partial charge < -0.3 is 4.90 Å². The molecule has 3 rings (SSSR count). The lowest BCUT2D eigenvalue weighted by atomic mass is 10.5. The number of rotatable bonds is 3. The van der Waals surface area contributed by atoms with E-state index in [1.165, 1.54) is 24.2 Å². The Hall–Kier alpha value is -1.17. The van der Waals surface area contributed by atoms with Gasteiger partial charge in [0.15, 0.2) is 0 Å². The van der Waals surface area contributed by atoms with E-state index in [0.29, 0.717) is 17.1 Å². The van der Waals surface area contributed by atoms with E-state index in [2.05, 4.69) is 15.5 Å². The third-order valence-electron chi connectivity index (χ3n) is 3.00. The van der Waals surface area contributed by atoms with Crippen LogP contribution >= 0.6 is 11.3 Å². The molecule has 2 fully saturated rings. The second-order valence-electron chi connectivity index (χ2n) is 4.49. The highest BCUT2D eigenvalue weighted by molar-refractivity contribution is 7.15. The fourth-order valence-corrected chi connectivity index (χ4v) is 2.49. The van der Waals surface area contributed by atoms with Gasteiger partial charge in [-0.15, -0.1) is 10.2 Å². The molecule has 0 spiro atoms. The van der Waals surface area contributed by atoms with E-state index in [-0.39, 0.29) is 6.03 Å². The third kappa shape index (κ3) is 2.02. The molecule has 2 amide bonds. The van der Waals surface area contributed by atoms with E-state index in [9.17, 15) is 4.79 Å². The SMILES string of the molecule is CN(C(=O)Nc1nnc(C2CC2)s1)C1CC1. The van der Waals surface area contributed by atoms with E-state index in [4.69, 9.17) is 0 Å². The zero-order chi connectivity index (χ0) is 11.1. The largest absolute Gasteiger partial charge is 0.325 e. The van der Waals surface area contributed by atoms with Crippen LogP contribution in [-0.4, -0.2) is 34.2 Å². The van der Waals surface area contributed by atoms with Crippen molar-refractivity contribution in [3.63, 3.8) is 0 Å². The first-order valence-electron chi connectivity index (χ1n) is 5.61. The van der Waals surface area contributed by atoms with Crippen molar-refractivity contribution in [3.8, 4) is 0 Å². The zero-order valence-corrected chi connectivity index (χ0v) is 9.96. The van der Waals surface area contributed by atoms with Crippen molar-refractivity contribution < 1.29 is 4.79 Å². The molecule has 16 heavy (non-hydrogen) atoms. The summed E-state index contributed by atoms with van der Waals surface area (Å²) in [6.07, 6.45) is 4.66. The maximum Gasteiger partial charge on any atom is 0.323 e. The maximum absolute atomic E-state index is 11.7. The first-order chi connectivity index (χ1) is 7.74. The number of nitrogens with zero attached hydrogens (tertiary/aromatic N) is 3. The summed E-state index contributed by atoms with van der Waals surface area (Å²) in [6.45, 7) is 0. The van der Waals surface area contributed by atoms with Crippen molar-refractivity contribution in [2.45, 2.75) is 37.6 Å². The van der Waals surface area contributed by atoms with Crippen LogP contribution < -0.4 is 5.32 Å². The van der Waals surface area contributed by atoms with Crippen molar-refractivity contribution >= 4 is 22.5 Å². The maximum atomic E-state index is 11.7. The molecule has 1 aromatic rings. The summed E-state index contributed by atoms with van der Waals surface area (Å²) in [7, 11) is 1.83. The molecule has 0 saturated heterocycles. The Balaban J connectivity index is 1.61. The highest BCUT2D eigenvalue weighted by Gasteiger charge is 2.31. The fourth-order valence-electron chi connectivity index (χ4n) is 1.59. The molecule has 1 N–H and O–H groups in total. The van der Waals surface area contributed by atoms with Crippen LogP contribution in [0.3, 0.4) is 0 Å². The van der Waals surface area contributed by atoms with Crippen molar-refractivity contribution in [2.75, 3.05) is 12.4 Å². The lowest BCUT2D eigenvalue weighted by molar-refractivity contribution is 0.220. The monoisotopic (exact) mass is 238 g/mol. The van der Waals surface area contributed by atoms with E-state index >= 15 is 0 Å². The van der Waals surface area contributed by atoms with Crippen molar-refractivity contribution in [3.05, 3.63) is 5.01 Å². The number of hydrogen-bond acceptors (Lipinski definition) is 4. The lowest BCUT2D eigenvalue weighted by Gasteiger charge is -2.15. The number of carbonyl (C=O) groups excluding carboxylic acids is 1. The highest BCUT2D eigenvalue weighted by atomic mass is 32.1. The molecule has 6 heteroatoms. The minimum absolute atomic E-state index is 0.0685. The van der Waals surface area contributed by atoms with Gasteiger partial charge in [0.1, 0.15) is 5.01 Å². The van der Waals surface area contributed by atoms with Crippen LogP contribution in [0.25, 0.3) is 0 Å². The number of anilines is 1. The summed E-state index contributed by atoms with van der Waals surface area (Å²) in [5.41, 5.74) is 0. The Morgan fingerprint density at radius 1 is 1.38 bits per heavy atom. The molecule has 1 aromatic heterocycles. The van der Waals surface area contributed by atoms with Crippen LogP contribution in [0.5, 0.6) is 0 Å². The van der Waals surface area contributed by atoms with Gasteiger partial charge in [-0.05, 0) is 25.7 Å². The topological polar surface area (TPSA) is 58.1 Å². The summed E-state index contributed by atoms with van der Waals surface area (Å²) < 4.78 is 0. The Morgan fingerprint density at radius 3 is 2.75 bits per heavy atom. The van der Waals surface area contributed by atoms with Crippen LogP contribution in [0.2, 0.25) is 0 Å². The second kappa shape index (κ2) is 3.69. The van der Waals surface area contributed by atoms with Gasteiger partial charge in [0.05, 0.1) is 0 Å². The van der Waals surface area contributed by atoms with Gasteiger partial charge in [-0.25, -0.2) is 4.79 Å². The van der Waals surface area contributed by atoms with Crippen molar-refractivity contribution in [2.24, 2.45) is 0 Å². The van der Waals surface area contributed by atoms with Crippen LogP contribution in [0.1, 0.15) is 36.6 Å². The van der Waals surface area contributed by atoms with Crippen LogP contribution in [0, 0.1) is 0 Å². The molecule has 2 aliphatic carbocycles. The van der Waals surface area contributed by atoms with Crippen molar-refractivity contribution in [1.29, 1.82) is 0 Å². The van der Waals surface area contributed by atoms with Gasteiger partial charge in [0.25, 0.3) is 0 Å². The second-order valence-corrected chi connectivity index (χ2v) is 5.50. The molecular formula is C10H14N4OS. The molecule has 1 heterocycles. The molecule has 2 aliphatic rings. The number of hydrogen-bond donors (Lipinski definition) is 1. The van der Waals surface area contributed by atoms with E-state index in [1.807, 2.05) is 7.05 Å². The van der Waals surface area contributed by atoms with E-state index in [0.717, 1.165) is 17.8 Å². The van der Waals surface area contributed by atoms with Crippen LogP contribution in [0.4, 0.5) is 9.93 Å². The molecule has 0 radical (unpaired) electrons. The zero-order valence-electron chi connectivity index (χ0n) is 9.14. The minimum Gasteiger partial charge on any atom is -0.325 e. The molecular weight excluding hydrogens is 224 g/mol. The summed E-state index contributed by atoms with van der Waals surface area (Å²) in [5, 5.41) is 12.6. The lowest BCUT2D eigenvalue weighted by Crippen LogP contribution is -2.32. The Morgan fingerprint density at radius 2 is 2.12 bits per heavy atom. The molecule has 0 unspecified atom stereocenters. The predicted octanol–water partition coefficient (Wildman–Crippen LogP) is 2.04. The smallest absolute Gasteiger partial charge is 0.323 e. The average molecular weight is 238 g/mol. The van der Waals surface area contributed by atoms with Crippen molar-refractivity contribution in [1.82, 2.24) is 15.1 Å². The van der Waals surface area contributed by atoms with E-state index < -0.39 is 0 Å². The molecule has 2 saturated carbocycles. The molecule has 5 nitrogen and oxygen atoms in total. The highest BCUT2D eigenvalue weighted by Crippen LogP contribution is 2.42. The van der Waals surface area contributed by atoms with E-state index in [1.54, 1.807) is 4.90 Å². The molecule has 0 aromatic carbocycles. The molecule has 0 aliphatic heterocycles. The summed E-state index contributed by atoms with van der Waals surface area (Å²) in [4.78, 5) is 13.5. The number of urea groups is 1. The minimum atomic E-state index is -0.0685. The van der Waals surface area contributed by atoms with Gasteiger partial charge in [0, 0.05) is 19.0 Å². The standard InChI is InChI=1S/C10H14N4OS/c1-14(7-4-5-7)10(15)11-9-13-12-8(16-9)6-2-3-6/h6-7H,2-5H2,1H3,(H,11,13,15). The summed E-state index contributed by atoms with van der Waals surface area (Å²) in [6, 6.07) is 0.358. The van der Waals surface area contributed by atoms with Gasteiger partial charge >= 0.3 is 6.03 Å². The van der Waals surface area contributed by atoms with Gasteiger partial charge in [-0.2, -0.15) is 0 Å². The number of nitrogens with one attached hydrogen (secondary N) is 1. The first kappa shape index (κ1) is 10.0. The van der Waals surface area contributed by atoms with Gasteiger partial charge in [-0.1, -0.05) is 11.3 Å². The number of amides is 2. The Labute approximate surface area is 97.9 Å². The van der Waals surface area contributed by atoms with Gasteiger partial charge in [-0.3, -0.25) is 5.32 Å². The molecule has 0 atom stereocenters. The van der Waals surface area contributed by atoms with Crippen LogP contribution in [0.15, 0.2) is 0 Å². The summed E-state index contributed by atoms with van der Waals surface area (Å²) >= 11 is 1.50. The molecule has 86 valence electrons. The Bertz CT molecular complexity index is 411. The quantitative estimate of drug-likeness (QED) is 0.876. The number of aromatic nitrogens is 2. The first-order valence-corrected chi connectivity index (χ1v) is 6.43. The van der Waals surface area contributed by atoms with Crippen LogP contribution in [-0.2, 0) is 0 Å². The third-order valence-corrected chi connectivity index (χ3v) is 4.00. The Kier molecular flexibility index (Phi) is 2.31. The fraction of sp³-hybridized carbons (Fsp3) is 0.700. The summed E-state index contributed by atoms with van der Waals surface area (Å²) in [5.74, 6) is 0.601. The normalized spacial score (nSPS) is 19.6. The average Bonchev–Trinajstić information content (AvgIpc) is 3.17. The predicted molar refractivity (Wildman–Crippen MR) is 61.7 cm³/mol.